The molecule has 0 bridgehead atoms. The zero-order valence-corrected chi connectivity index (χ0v) is 20.4. The Kier molecular flexibility index (Phi) is 8.87. The van der Waals surface area contributed by atoms with E-state index in [0.717, 1.165) is 17.3 Å². The van der Waals surface area contributed by atoms with Crippen LogP contribution in [0.3, 0.4) is 0 Å². The number of nitrogens with zero attached hydrogens (tertiary/aromatic N) is 2. The Balaban J connectivity index is 0.000000479. The predicted octanol–water partition coefficient (Wildman–Crippen LogP) is 4.58. The van der Waals surface area contributed by atoms with E-state index in [2.05, 4.69) is 15.0 Å². The summed E-state index contributed by atoms with van der Waals surface area (Å²) in [6.07, 6.45) is 1.54. The van der Waals surface area contributed by atoms with E-state index in [9.17, 15) is 24.5 Å². The van der Waals surface area contributed by atoms with Gasteiger partial charge in [-0.1, -0.05) is 30.3 Å². The number of ether oxygens (including phenoxy) is 3. The number of fused-ring (bicyclic) bond motifs is 1. The Morgan fingerprint density at radius 2 is 1.73 bits per heavy atom. The van der Waals surface area contributed by atoms with Gasteiger partial charge in [-0.05, 0) is 23.8 Å². The lowest BCUT2D eigenvalue weighted by Crippen LogP contribution is -2.32. The number of hydrogen-bond donors (Lipinski definition) is 1. The van der Waals surface area contributed by atoms with Crippen LogP contribution in [0.1, 0.15) is 50.5 Å². The van der Waals surface area contributed by atoms with Crippen molar-refractivity contribution in [3.05, 3.63) is 88.1 Å². The van der Waals surface area contributed by atoms with Gasteiger partial charge >= 0.3 is 11.9 Å². The van der Waals surface area contributed by atoms with Crippen LogP contribution in [0, 0.1) is 10.1 Å². The van der Waals surface area contributed by atoms with Gasteiger partial charge in [0.2, 0.25) is 11.8 Å². The van der Waals surface area contributed by atoms with Crippen LogP contribution >= 0.6 is 0 Å². The molecule has 2 atom stereocenters. The van der Waals surface area contributed by atoms with Crippen molar-refractivity contribution in [3.8, 4) is 17.4 Å². The van der Waals surface area contributed by atoms with Crippen LogP contribution in [0.4, 0.5) is 5.69 Å². The van der Waals surface area contributed by atoms with Crippen molar-refractivity contribution in [3.63, 3.8) is 0 Å². The van der Waals surface area contributed by atoms with Gasteiger partial charge in [-0.2, -0.15) is 0 Å². The molecule has 2 aromatic carbocycles. The number of pyridine rings is 1. The van der Waals surface area contributed by atoms with Crippen molar-refractivity contribution in [1.82, 2.24) is 10.3 Å². The normalized spacial score (nSPS) is 15.5. The molecule has 0 saturated heterocycles. The largest absolute Gasteiger partial charge is 0.485 e. The average molecular weight is 507 g/mol. The van der Waals surface area contributed by atoms with E-state index in [1.54, 1.807) is 18.2 Å². The fraction of sp³-hybridized carbons (Fsp3) is 0.231. The standard InChI is InChI=1S/C22H19N3O5.C4H6O3/c1-14(26)24-19-12-21(15-5-3-2-4-6-15)30-20-9-8-17(11-18(19)20)29-22-10-7-16(13-23-22)25(27)28;1-3(5)7-4(2)6/h2-11,13,19,21H,12H2,1H3,(H,24,26);1-2H3. The SMILES string of the molecule is CC(=O)NC1CC(c2ccccc2)Oc2ccc(Oc3ccc([N+](=O)[O-])cn3)cc21.CC(=O)OC(C)=O. The van der Waals surface area contributed by atoms with Crippen molar-refractivity contribution in [2.75, 3.05) is 0 Å². The first kappa shape index (κ1) is 26.8. The fourth-order valence-corrected chi connectivity index (χ4v) is 3.63. The lowest BCUT2D eigenvalue weighted by Gasteiger charge is -2.33. The summed E-state index contributed by atoms with van der Waals surface area (Å²) in [5.74, 6) is 0.128. The lowest BCUT2D eigenvalue weighted by molar-refractivity contribution is -0.385. The smallest absolute Gasteiger partial charge is 0.310 e. The molecular weight excluding hydrogens is 482 g/mol. The van der Waals surface area contributed by atoms with Gasteiger partial charge in [-0.25, -0.2) is 4.98 Å². The van der Waals surface area contributed by atoms with E-state index in [-0.39, 0.29) is 29.6 Å². The molecule has 37 heavy (non-hydrogen) atoms. The van der Waals surface area contributed by atoms with Crippen LogP contribution in [0.15, 0.2) is 66.9 Å². The maximum atomic E-state index is 11.8. The summed E-state index contributed by atoms with van der Waals surface area (Å²) < 4.78 is 15.9. The number of nitro groups is 1. The van der Waals surface area contributed by atoms with E-state index >= 15 is 0 Å². The Morgan fingerprint density at radius 3 is 2.27 bits per heavy atom. The average Bonchev–Trinajstić information content (AvgIpc) is 2.84. The van der Waals surface area contributed by atoms with Crippen LogP contribution in [-0.2, 0) is 19.1 Å². The van der Waals surface area contributed by atoms with Crippen LogP contribution in [0.5, 0.6) is 17.4 Å². The highest BCUT2D eigenvalue weighted by atomic mass is 16.6. The van der Waals surface area contributed by atoms with E-state index < -0.39 is 16.9 Å². The summed E-state index contributed by atoms with van der Waals surface area (Å²) in [5, 5.41) is 13.7. The lowest BCUT2D eigenvalue weighted by atomic mass is 9.92. The minimum absolute atomic E-state index is 0.112. The van der Waals surface area contributed by atoms with Crippen LogP contribution in [-0.4, -0.2) is 27.8 Å². The molecule has 2 heterocycles. The second-order valence-corrected chi connectivity index (χ2v) is 8.00. The fourth-order valence-electron chi connectivity index (χ4n) is 3.63. The van der Waals surface area contributed by atoms with Crippen molar-refractivity contribution in [1.29, 1.82) is 0 Å². The molecule has 0 aliphatic carbocycles. The molecule has 2 unspecified atom stereocenters. The van der Waals surface area contributed by atoms with Crippen molar-refractivity contribution in [2.45, 2.75) is 39.3 Å². The molecule has 1 aliphatic rings. The summed E-state index contributed by atoms with van der Waals surface area (Å²) in [7, 11) is 0. The second kappa shape index (κ2) is 12.2. The molecule has 0 radical (unpaired) electrons. The highest BCUT2D eigenvalue weighted by Gasteiger charge is 2.30. The van der Waals surface area contributed by atoms with Gasteiger partial charge in [-0.15, -0.1) is 0 Å². The van der Waals surface area contributed by atoms with Gasteiger partial charge in [-0.3, -0.25) is 24.5 Å². The number of esters is 2. The first-order valence-electron chi connectivity index (χ1n) is 11.2. The highest BCUT2D eigenvalue weighted by Crippen LogP contribution is 2.42. The number of aromatic nitrogens is 1. The predicted molar refractivity (Wildman–Crippen MR) is 131 cm³/mol. The maximum Gasteiger partial charge on any atom is 0.310 e. The van der Waals surface area contributed by atoms with Gasteiger partial charge in [0.15, 0.2) is 0 Å². The Hall–Kier alpha value is -4.80. The van der Waals surface area contributed by atoms with Crippen molar-refractivity contribution >= 4 is 23.5 Å². The van der Waals surface area contributed by atoms with Gasteiger partial charge in [0.25, 0.3) is 5.69 Å². The number of carbonyl (C=O) groups excluding carboxylic acids is 3. The van der Waals surface area contributed by atoms with Gasteiger partial charge in [0.05, 0.1) is 11.0 Å². The Morgan fingerprint density at radius 1 is 1.03 bits per heavy atom. The molecule has 0 saturated carbocycles. The Bertz CT molecular complexity index is 1270. The molecule has 192 valence electrons. The molecular formula is C26H25N3O8. The number of hydrogen-bond acceptors (Lipinski definition) is 9. The molecule has 0 fully saturated rings. The molecule has 11 nitrogen and oxygen atoms in total. The second-order valence-electron chi connectivity index (χ2n) is 8.00. The third kappa shape index (κ3) is 7.85. The first-order chi connectivity index (χ1) is 17.6. The minimum Gasteiger partial charge on any atom is -0.485 e. The first-order valence-corrected chi connectivity index (χ1v) is 11.2. The van der Waals surface area contributed by atoms with E-state index in [0.29, 0.717) is 17.9 Å². The topological polar surface area (TPSA) is 147 Å². The number of benzene rings is 2. The van der Waals surface area contributed by atoms with Crippen molar-refractivity contribution in [2.24, 2.45) is 0 Å². The van der Waals surface area contributed by atoms with Crippen LogP contribution in [0.25, 0.3) is 0 Å². The Labute approximate surface area is 212 Å². The number of carbonyl (C=O) groups is 3. The third-order valence-corrected chi connectivity index (χ3v) is 5.07. The van der Waals surface area contributed by atoms with Crippen molar-refractivity contribution < 1.29 is 33.5 Å². The molecule has 3 aromatic rings. The van der Waals surface area contributed by atoms with Gasteiger partial charge in [0, 0.05) is 44.9 Å². The highest BCUT2D eigenvalue weighted by molar-refractivity contribution is 5.82. The molecule has 4 rings (SSSR count). The van der Waals surface area contributed by atoms with E-state index in [1.165, 1.54) is 32.9 Å². The van der Waals surface area contributed by atoms with Crippen LogP contribution in [0.2, 0.25) is 0 Å². The number of amides is 1. The zero-order chi connectivity index (χ0) is 26.9. The molecule has 1 aromatic heterocycles. The minimum atomic E-state index is -0.562. The number of nitrogens with one attached hydrogen (secondary N) is 1. The van der Waals surface area contributed by atoms with E-state index in [4.69, 9.17) is 9.47 Å². The summed E-state index contributed by atoms with van der Waals surface area (Å²) >= 11 is 0. The molecule has 11 heteroatoms. The molecule has 1 N–H and O–H groups in total. The summed E-state index contributed by atoms with van der Waals surface area (Å²) in [6, 6.07) is 17.7. The summed E-state index contributed by atoms with van der Waals surface area (Å²) in [6.45, 7) is 3.84. The monoisotopic (exact) mass is 507 g/mol. The quantitative estimate of drug-likeness (QED) is 0.227. The molecule has 0 spiro atoms. The molecule has 1 amide bonds. The summed E-state index contributed by atoms with van der Waals surface area (Å²) in [4.78, 5) is 45.6. The van der Waals surface area contributed by atoms with Crippen LogP contribution < -0.4 is 14.8 Å². The number of rotatable bonds is 5. The van der Waals surface area contributed by atoms with Gasteiger partial charge < -0.3 is 19.5 Å². The zero-order valence-electron chi connectivity index (χ0n) is 20.4. The molecule has 1 aliphatic heterocycles. The third-order valence-electron chi connectivity index (χ3n) is 5.07. The van der Waals surface area contributed by atoms with E-state index in [1.807, 2.05) is 30.3 Å². The maximum absolute atomic E-state index is 11.8. The summed E-state index contributed by atoms with van der Waals surface area (Å²) in [5.41, 5.74) is 1.73. The van der Waals surface area contributed by atoms with Gasteiger partial charge in [0.1, 0.15) is 23.8 Å².